The molecule has 0 spiro atoms. The summed E-state index contributed by atoms with van der Waals surface area (Å²) < 4.78 is 53.7. The van der Waals surface area contributed by atoms with Crippen molar-refractivity contribution in [2.45, 2.75) is 38.5 Å². The van der Waals surface area contributed by atoms with E-state index in [1.807, 2.05) is 0 Å². The number of primary amides is 1. The van der Waals surface area contributed by atoms with Gasteiger partial charge in [0.05, 0.1) is 24.5 Å². The smallest absolute Gasteiger partial charge is 0.374 e. The number of hydrogen-bond donors (Lipinski definition) is 4. The minimum atomic E-state index is -4.84. The summed E-state index contributed by atoms with van der Waals surface area (Å²) in [5.41, 5.74) is 3.44. The molecule has 0 aliphatic carbocycles. The normalized spacial score (nSPS) is 16.2. The highest BCUT2D eigenvalue weighted by Gasteiger charge is 2.37. The minimum absolute atomic E-state index is 0.0566. The number of hydrogen-bond acceptors (Lipinski definition) is 6. The first kappa shape index (κ1) is 28.3. The summed E-state index contributed by atoms with van der Waals surface area (Å²) in [7, 11) is 0. The summed E-state index contributed by atoms with van der Waals surface area (Å²) in [5, 5.41) is 13.1. The van der Waals surface area contributed by atoms with Crippen LogP contribution in [0.25, 0.3) is 0 Å². The van der Waals surface area contributed by atoms with Crippen molar-refractivity contribution in [1.82, 2.24) is 15.2 Å². The minimum Gasteiger partial charge on any atom is -0.374 e. The first-order valence-corrected chi connectivity index (χ1v) is 11.4. The summed E-state index contributed by atoms with van der Waals surface area (Å²) >= 11 is 0. The highest BCUT2D eigenvalue weighted by molar-refractivity contribution is 6.44. The van der Waals surface area contributed by atoms with Crippen molar-refractivity contribution in [1.29, 1.82) is 5.41 Å². The van der Waals surface area contributed by atoms with Crippen molar-refractivity contribution in [2.24, 2.45) is 5.73 Å². The summed E-state index contributed by atoms with van der Waals surface area (Å²) in [4.78, 5) is 42.0. The Morgan fingerprint density at radius 1 is 1.32 bits per heavy atom. The molecule has 1 aromatic carbocycles. The number of carbonyl (C=O) groups is 3. The van der Waals surface area contributed by atoms with Gasteiger partial charge in [-0.1, -0.05) is 30.4 Å². The second-order valence-electron chi connectivity index (χ2n) is 8.91. The largest absolute Gasteiger partial charge is 0.433 e. The van der Waals surface area contributed by atoms with Gasteiger partial charge in [-0.3, -0.25) is 19.8 Å². The highest BCUT2D eigenvalue weighted by atomic mass is 19.4. The number of alkyl halides is 3. The molecule has 9 nitrogen and oxygen atoms in total. The van der Waals surface area contributed by atoms with Crippen molar-refractivity contribution in [3.8, 4) is 0 Å². The summed E-state index contributed by atoms with van der Waals surface area (Å²) in [6, 6.07) is 3.67. The summed E-state index contributed by atoms with van der Waals surface area (Å²) in [6.45, 7) is 6.61. The SMILES string of the molecule is C=C1CC(C(=O)NC(C)c2cccc(C)c2F)N(C(=O)CNc2cnc(C(F)(F)F)cc2C(=N)C(N)=O)C1. The molecule has 38 heavy (non-hydrogen) atoms. The maximum absolute atomic E-state index is 14.5. The lowest BCUT2D eigenvalue weighted by Gasteiger charge is -2.26. The number of aromatic nitrogens is 1. The number of anilines is 1. The van der Waals surface area contributed by atoms with Crippen molar-refractivity contribution < 1.29 is 31.9 Å². The molecule has 1 aliphatic rings. The third-order valence-electron chi connectivity index (χ3n) is 6.06. The van der Waals surface area contributed by atoms with Gasteiger partial charge in [0.1, 0.15) is 23.3 Å². The van der Waals surface area contributed by atoms with Gasteiger partial charge in [-0.15, -0.1) is 0 Å². The van der Waals surface area contributed by atoms with Gasteiger partial charge >= 0.3 is 6.18 Å². The van der Waals surface area contributed by atoms with Gasteiger partial charge in [-0.2, -0.15) is 13.2 Å². The van der Waals surface area contributed by atoms with Crippen LogP contribution in [0.3, 0.4) is 0 Å². The fourth-order valence-electron chi connectivity index (χ4n) is 4.05. The van der Waals surface area contributed by atoms with E-state index in [1.165, 1.54) is 4.90 Å². The third-order valence-corrected chi connectivity index (χ3v) is 6.06. The molecule has 0 radical (unpaired) electrons. The number of likely N-dealkylation sites (tertiary alicyclic amines) is 1. The molecule has 2 atom stereocenters. The molecule has 13 heteroatoms. The molecular formula is C25H26F4N6O3. The number of nitrogens with two attached hydrogens (primary N) is 1. The van der Waals surface area contributed by atoms with Crippen LogP contribution in [0.2, 0.25) is 0 Å². The Morgan fingerprint density at radius 3 is 2.63 bits per heavy atom. The van der Waals surface area contributed by atoms with Crippen LogP contribution in [-0.4, -0.2) is 52.4 Å². The van der Waals surface area contributed by atoms with Crippen molar-refractivity contribution in [2.75, 3.05) is 18.4 Å². The lowest BCUT2D eigenvalue weighted by Crippen LogP contribution is -2.48. The predicted octanol–water partition coefficient (Wildman–Crippen LogP) is 2.85. The van der Waals surface area contributed by atoms with Crippen LogP contribution >= 0.6 is 0 Å². The number of nitrogens with one attached hydrogen (secondary N) is 3. The molecule has 0 saturated carbocycles. The van der Waals surface area contributed by atoms with Crippen LogP contribution in [0.5, 0.6) is 0 Å². The predicted molar refractivity (Wildman–Crippen MR) is 131 cm³/mol. The van der Waals surface area contributed by atoms with E-state index in [2.05, 4.69) is 22.2 Å². The molecule has 0 bridgehead atoms. The van der Waals surface area contributed by atoms with E-state index in [-0.39, 0.29) is 24.2 Å². The molecule has 3 amide bonds. The van der Waals surface area contributed by atoms with Gasteiger partial charge < -0.3 is 21.3 Å². The lowest BCUT2D eigenvalue weighted by atomic mass is 10.0. The molecule has 1 aromatic heterocycles. The zero-order valence-electron chi connectivity index (χ0n) is 20.6. The van der Waals surface area contributed by atoms with Crippen LogP contribution in [0, 0.1) is 18.2 Å². The van der Waals surface area contributed by atoms with Crippen LogP contribution in [0.4, 0.5) is 23.2 Å². The number of benzene rings is 1. The number of nitrogens with zero attached hydrogens (tertiary/aromatic N) is 2. The van der Waals surface area contributed by atoms with E-state index >= 15 is 0 Å². The number of halogens is 4. The monoisotopic (exact) mass is 534 g/mol. The van der Waals surface area contributed by atoms with Crippen molar-refractivity contribution in [3.63, 3.8) is 0 Å². The van der Waals surface area contributed by atoms with Gasteiger partial charge in [0.2, 0.25) is 11.8 Å². The Kier molecular flexibility index (Phi) is 8.18. The Morgan fingerprint density at radius 2 is 2.00 bits per heavy atom. The Hall–Kier alpha value is -4.29. The molecule has 1 fully saturated rings. The molecule has 1 saturated heterocycles. The van der Waals surface area contributed by atoms with Gasteiger partial charge in [0, 0.05) is 17.7 Å². The van der Waals surface area contributed by atoms with Crippen molar-refractivity contribution in [3.05, 3.63) is 70.8 Å². The second kappa shape index (κ2) is 11.0. The number of pyridine rings is 1. The van der Waals surface area contributed by atoms with Gasteiger partial charge in [-0.25, -0.2) is 9.37 Å². The van der Waals surface area contributed by atoms with Crippen molar-refractivity contribution >= 4 is 29.1 Å². The van der Waals surface area contributed by atoms with Gasteiger partial charge in [0.15, 0.2) is 0 Å². The topological polar surface area (TPSA) is 141 Å². The molecular weight excluding hydrogens is 508 g/mol. The molecule has 202 valence electrons. The van der Waals surface area contributed by atoms with E-state index in [9.17, 15) is 31.9 Å². The van der Waals surface area contributed by atoms with Gasteiger partial charge in [-0.05, 0) is 31.9 Å². The first-order chi connectivity index (χ1) is 17.7. The molecule has 2 heterocycles. The van der Waals surface area contributed by atoms with E-state index < -0.39 is 65.3 Å². The third kappa shape index (κ3) is 6.15. The standard InChI is InChI=1S/C25H26F4N6O3/c1-12-7-18(24(38)34-14(3)15-6-4-5-13(2)21(15)26)35(11-12)20(36)10-32-17-9-33-19(25(27,28)29)8-16(17)22(30)23(31)37/h4-6,8-9,14,18,30,32H,1,7,10-11H2,2-3H3,(H2,31,37)(H,34,38). The maximum atomic E-state index is 14.5. The Labute approximate surface area is 215 Å². The molecule has 1 aliphatic heterocycles. The molecule has 5 N–H and O–H groups in total. The number of amides is 3. The Balaban J connectivity index is 1.75. The zero-order chi connectivity index (χ0) is 28.4. The summed E-state index contributed by atoms with van der Waals surface area (Å²) in [5.74, 6) is -2.85. The summed E-state index contributed by atoms with van der Waals surface area (Å²) in [6.07, 6.45) is -3.93. The van der Waals surface area contributed by atoms with Crippen LogP contribution in [0.1, 0.15) is 41.8 Å². The molecule has 3 rings (SSSR count). The molecule has 2 aromatic rings. The van der Waals surface area contributed by atoms with Crippen LogP contribution < -0.4 is 16.4 Å². The fourth-order valence-corrected chi connectivity index (χ4v) is 4.05. The number of carbonyl (C=O) groups excluding carboxylic acids is 3. The maximum Gasteiger partial charge on any atom is 0.433 e. The number of rotatable bonds is 8. The quantitative estimate of drug-likeness (QED) is 0.234. The average molecular weight is 535 g/mol. The number of aryl methyl sites for hydroxylation is 1. The van der Waals surface area contributed by atoms with E-state index in [0.717, 1.165) is 6.20 Å². The Bertz CT molecular complexity index is 1310. The van der Waals surface area contributed by atoms with Crippen LogP contribution in [0.15, 0.2) is 42.6 Å². The first-order valence-electron chi connectivity index (χ1n) is 11.4. The zero-order valence-corrected chi connectivity index (χ0v) is 20.6. The van der Waals surface area contributed by atoms with E-state index in [4.69, 9.17) is 11.1 Å². The van der Waals surface area contributed by atoms with E-state index in [1.54, 1.807) is 32.0 Å². The molecule has 2 unspecified atom stereocenters. The lowest BCUT2D eigenvalue weighted by molar-refractivity contribution is -0.141. The van der Waals surface area contributed by atoms with Gasteiger partial charge in [0.25, 0.3) is 5.91 Å². The average Bonchev–Trinajstić information content (AvgIpc) is 3.24. The second-order valence-corrected chi connectivity index (χ2v) is 8.91. The fraction of sp³-hybridized carbons (Fsp3) is 0.320. The van der Waals surface area contributed by atoms with Crippen LogP contribution in [-0.2, 0) is 20.6 Å². The van der Waals surface area contributed by atoms with E-state index in [0.29, 0.717) is 17.2 Å². The highest BCUT2D eigenvalue weighted by Crippen LogP contribution is 2.30.